The van der Waals surface area contributed by atoms with E-state index < -0.39 is 6.17 Å². The number of benzene rings is 2. The first-order chi connectivity index (χ1) is 12.7. The van der Waals surface area contributed by atoms with Gasteiger partial charge in [0.05, 0.1) is 12.2 Å². The molecule has 0 radical (unpaired) electrons. The Morgan fingerprint density at radius 1 is 1.08 bits per heavy atom. The van der Waals surface area contributed by atoms with Crippen LogP contribution in [-0.2, 0) is 0 Å². The lowest BCUT2D eigenvalue weighted by Crippen LogP contribution is -2.44. The number of aliphatic hydroxyl groups is 1. The van der Waals surface area contributed by atoms with Crippen molar-refractivity contribution in [2.45, 2.75) is 6.17 Å². The van der Waals surface area contributed by atoms with Gasteiger partial charge in [0.15, 0.2) is 6.17 Å². The van der Waals surface area contributed by atoms with Crippen molar-refractivity contribution in [2.75, 3.05) is 18.5 Å². The van der Waals surface area contributed by atoms with Crippen molar-refractivity contribution in [3.63, 3.8) is 0 Å². The number of furan rings is 1. The third-order valence-electron chi connectivity index (χ3n) is 4.39. The van der Waals surface area contributed by atoms with Crippen LogP contribution in [0.25, 0.3) is 11.3 Å². The van der Waals surface area contributed by atoms with E-state index in [-0.39, 0.29) is 24.9 Å². The minimum Gasteiger partial charge on any atom is -0.457 e. The SMILES string of the molecule is O=C1c2ccccc2NC(c2ccc(-c3ccc(F)cc3)o2)N1CCO. The molecule has 0 spiro atoms. The Balaban J connectivity index is 1.70. The first-order valence-corrected chi connectivity index (χ1v) is 8.30. The number of nitrogens with zero attached hydrogens (tertiary/aromatic N) is 1. The Labute approximate surface area is 149 Å². The van der Waals surface area contributed by atoms with E-state index in [1.165, 1.54) is 17.0 Å². The molecule has 1 aliphatic rings. The molecule has 1 aromatic heterocycles. The summed E-state index contributed by atoms with van der Waals surface area (Å²) in [5, 5.41) is 12.7. The van der Waals surface area contributed by atoms with Gasteiger partial charge in [0.2, 0.25) is 0 Å². The van der Waals surface area contributed by atoms with E-state index in [0.29, 0.717) is 17.1 Å². The van der Waals surface area contributed by atoms with E-state index in [4.69, 9.17) is 4.42 Å². The van der Waals surface area contributed by atoms with E-state index >= 15 is 0 Å². The molecular weight excluding hydrogens is 335 g/mol. The van der Waals surface area contributed by atoms with Crippen LogP contribution in [0.5, 0.6) is 0 Å². The molecule has 2 aromatic carbocycles. The summed E-state index contributed by atoms with van der Waals surface area (Å²) in [6, 6.07) is 16.8. The van der Waals surface area contributed by atoms with Gasteiger partial charge >= 0.3 is 0 Å². The number of aliphatic hydroxyl groups excluding tert-OH is 1. The van der Waals surface area contributed by atoms with Crippen molar-refractivity contribution in [2.24, 2.45) is 0 Å². The Bertz CT molecular complexity index is 936. The van der Waals surface area contributed by atoms with Crippen molar-refractivity contribution in [3.05, 3.63) is 77.8 Å². The van der Waals surface area contributed by atoms with Gasteiger partial charge in [-0.1, -0.05) is 12.1 Å². The molecule has 6 heteroatoms. The highest BCUT2D eigenvalue weighted by atomic mass is 19.1. The average Bonchev–Trinajstić information content (AvgIpc) is 3.14. The fourth-order valence-corrected chi connectivity index (χ4v) is 3.12. The predicted octanol–water partition coefficient (Wildman–Crippen LogP) is 3.64. The summed E-state index contributed by atoms with van der Waals surface area (Å²) in [4.78, 5) is 14.3. The molecule has 0 saturated carbocycles. The first-order valence-electron chi connectivity index (χ1n) is 8.30. The summed E-state index contributed by atoms with van der Waals surface area (Å²) in [5.74, 6) is 0.640. The average molecular weight is 352 g/mol. The number of anilines is 1. The second kappa shape index (κ2) is 6.65. The summed E-state index contributed by atoms with van der Waals surface area (Å²) in [6.07, 6.45) is -0.529. The quantitative estimate of drug-likeness (QED) is 0.752. The molecule has 3 aromatic rings. The van der Waals surface area contributed by atoms with Gasteiger partial charge < -0.3 is 19.7 Å². The maximum Gasteiger partial charge on any atom is 0.258 e. The van der Waals surface area contributed by atoms with Crippen LogP contribution in [0.1, 0.15) is 22.3 Å². The highest BCUT2D eigenvalue weighted by molar-refractivity contribution is 6.01. The van der Waals surface area contributed by atoms with Gasteiger partial charge in [-0.15, -0.1) is 0 Å². The van der Waals surface area contributed by atoms with Gasteiger partial charge in [0, 0.05) is 17.8 Å². The fraction of sp³-hybridized carbons (Fsp3) is 0.150. The van der Waals surface area contributed by atoms with E-state index in [2.05, 4.69) is 5.32 Å². The first kappa shape index (κ1) is 16.4. The zero-order valence-electron chi connectivity index (χ0n) is 13.9. The number of amides is 1. The molecule has 2 heterocycles. The van der Waals surface area contributed by atoms with Crippen molar-refractivity contribution < 1.29 is 18.7 Å². The number of fused-ring (bicyclic) bond motifs is 1. The summed E-state index contributed by atoms with van der Waals surface area (Å²) < 4.78 is 19.0. The maximum absolute atomic E-state index is 13.1. The molecule has 132 valence electrons. The van der Waals surface area contributed by atoms with Crippen LogP contribution in [0, 0.1) is 5.82 Å². The Morgan fingerprint density at radius 2 is 1.85 bits per heavy atom. The maximum atomic E-state index is 13.1. The number of carbonyl (C=O) groups is 1. The number of para-hydroxylation sites is 1. The molecule has 0 saturated heterocycles. The van der Waals surface area contributed by atoms with Crippen LogP contribution in [0.15, 0.2) is 65.1 Å². The van der Waals surface area contributed by atoms with Crippen LogP contribution in [0.2, 0.25) is 0 Å². The van der Waals surface area contributed by atoms with Gasteiger partial charge in [-0.25, -0.2) is 4.39 Å². The number of nitrogens with one attached hydrogen (secondary N) is 1. The number of β-amino-alcohol motifs (C(OH)–C–C–N with tert-alkyl or cyclic N) is 1. The second-order valence-electron chi connectivity index (χ2n) is 6.02. The molecule has 0 bridgehead atoms. The van der Waals surface area contributed by atoms with Gasteiger partial charge in [-0.3, -0.25) is 4.79 Å². The standard InChI is InChI=1S/C20H17FN2O3/c21-14-7-5-13(6-8-14)17-9-10-18(26-17)19-22-16-4-2-1-3-15(16)20(25)23(19)11-12-24/h1-10,19,22,24H,11-12H2. The molecular formula is C20H17FN2O3. The highest BCUT2D eigenvalue weighted by Gasteiger charge is 2.34. The molecule has 1 amide bonds. The number of hydrogen-bond donors (Lipinski definition) is 2. The summed E-state index contributed by atoms with van der Waals surface area (Å²) in [6.45, 7) is 0.0228. The summed E-state index contributed by atoms with van der Waals surface area (Å²) >= 11 is 0. The highest BCUT2D eigenvalue weighted by Crippen LogP contribution is 2.35. The van der Waals surface area contributed by atoms with Gasteiger partial charge in [-0.05, 0) is 48.5 Å². The molecule has 1 unspecified atom stereocenters. The van der Waals surface area contributed by atoms with Crippen LogP contribution in [0.3, 0.4) is 0 Å². The predicted molar refractivity (Wildman–Crippen MR) is 95.0 cm³/mol. The Kier molecular flexibility index (Phi) is 4.18. The molecule has 0 aliphatic carbocycles. The van der Waals surface area contributed by atoms with Crippen LogP contribution < -0.4 is 5.32 Å². The van der Waals surface area contributed by atoms with Crippen molar-refractivity contribution in [1.29, 1.82) is 0 Å². The number of carbonyl (C=O) groups excluding carboxylic acids is 1. The largest absolute Gasteiger partial charge is 0.457 e. The van der Waals surface area contributed by atoms with E-state index in [1.54, 1.807) is 36.4 Å². The summed E-state index contributed by atoms with van der Waals surface area (Å²) in [5.41, 5.74) is 2.02. The van der Waals surface area contributed by atoms with Gasteiger partial charge in [-0.2, -0.15) is 0 Å². The van der Waals surface area contributed by atoms with Crippen molar-refractivity contribution in [1.82, 2.24) is 4.90 Å². The van der Waals surface area contributed by atoms with Crippen LogP contribution >= 0.6 is 0 Å². The molecule has 1 aliphatic heterocycles. The molecule has 4 rings (SSSR count). The topological polar surface area (TPSA) is 65.7 Å². The van der Waals surface area contributed by atoms with Crippen molar-refractivity contribution in [3.8, 4) is 11.3 Å². The van der Waals surface area contributed by atoms with Gasteiger partial charge in [0.25, 0.3) is 5.91 Å². The lowest BCUT2D eigenvalue weighted by atomic mass is 10.1. The lowest BCUT2D eigenvalue weighted by molar-refractivity contribution is 0.0619. The lowest BCUT2D eigenvalue weighted by Gasteiger charge is -2.36. The van der Waals surface area contributed by atoms with Crippen LogP contribution in [-0.4, -0.2) is 29.1 Å². The smallest absolute Gasteiger partial charge is 0.258 e. The zero-order valence-corrected chi connectivity index (χ0v) is 13.9. The van der Waals surface area contributed by atoms with Crippen LogP contribution in [0.4, 0.5) is 10.1 Å². The molecule has 2 N–H and O–H groups in total. The molecule has 1 atom stereocenters. The van der Waals surface area contributed by atoms with Gasteiger partial charge in [0.1, 0.15) is 17.3 Å². The third kappa shape index (κ3) is 2.84. The normalized spacial score (nSPS) is 16.3. The minimum atomic E-state index is -0.529. The monoisotopic (exact) mass is 352 g/mol. The Hall–Kier alpha value is -3.12. The summed E-state index contributed by atoms with van der Waals surface area (Å²) in [7, 11) is 0. The second-order valence-corrected chi connectivity index (χ2v) is 6.02. The number of halogens is 1. The number of rotatable bonds is 4. The zero-order chi connectivity index (χ0) is 18.1. The number of hydrogen-bond acceptors (Lipinski definition) is 4. The fourth-order valence-electron chi connectivity index (χ4n) is 3.12. The molecule has 5 nitrogen and oxygen atoms in total. The third-order valence-corrected chi connectivity index (χ3v) is 4.39. The van der Waals surface area contributed by atoms with E-state index in [1.807, 2.05) is 12.1 Å². The Morgan fingerprint density at radius 3 is 2.62 bits per heavy atom. The van der Waals surface area contributed by atoms with E-state index in [0.717, 1.165) is 11.3 Å². The molecule has 26 heavy (non-hydrogen) atoms. The molecule has 0 fully saturated rings. The van der Waals surface area contributed by atoms with Crippen molar-refractivity contribution >= 4 is 11.6 Å². The minimum absolute atomic E-state index is 0.155. The van der Waals surface area contributed by atoms with E-state index in [9.17, 15) is 14.3 Å².